The van der Waals surface area contributed by atoms with E-state index in [1.807, 2.05) is 25.1 Å². The number of aldehydes is 1. The molecular weight excluding hydrogens is 783 g/mol. The van der Waals surface area contributed by atoms with Crippen molar-refractivity contribution in [3.05, 3.63) is 78.4 Å². The number of carboxylic acids is 1. The number of rotatable bonds is 25. The number of urea groups is 2. The van der Waals surface area contributed by atoms with Gasteiger partial charge in [-0.1, -0.05) is 18.2 Å². The molecule has 0 bridgehead atoms. The number of nitrogens with two attached hydrogens (primary N) is 1. The summed E-state index contributed by atoms with van der Waals surface area (Å²) in [5.41, 5.74) is 7.76. The Hall–Kier alpha value is -5.93. The molecule has 320 valence electrons. The number of primary amides is 1. The van der Waals surface area contributed by atoms with Crippen molar-refractivity contribution in [1.82, 2.24) is 30.7 Å². The zero-order chi connectivity index (χ0) is 43.3. The molecular formula is C39H55N11O8S. The van der Waals surface area contributed by atoms with E-state index in [2.05, 4.69) is 46.4 Å². The van der Waals surface area contributed by atoms with Crippen LogP contribution in [0.2, 0.25) is 0 Å². The van der Waals surface area contributed by atoms with Gasteiger partial charge in [0.2, 0.25) is 11.8 Å². The highest BCUT2D eigenvalue weighted by molar-refractivity contribution is 7.92. The fraction of sp³-hybridized carbons (Fsp3) is 0.385. The Bertz CT molecular complexity index is 1860. The predicted molar refractivity (Wildman–Crippen MR) is 227 cm³/mol. The van der Waals surface area contributed by atoms with Gasteiger partial charge < -0.3 is 61.9 Å². The Morgan fingerprint density at radius 2 is 1.36 bits per heavy atom. The van der Waals surface area contributed by atoms with E-state index in [0.29, 0.717) is 60.0 Å². The summed E-state index contributed by atoms with van der Waals surface area (Å²) < 4.78 is 15.9. The monoisotopic (exact) mass is 837 g/mol. The van der Waals surface area contributed by atoms with Gasteiger partial charge in [0.15, 0.2) is 4.90 Å². The molecule has 0 saturated heterocycles. The van der Waals surface area contributed by atoms with E-state index < -0.39 is 53.8 Å². The summed E-state index contributed by atoms with van der Waals surface area (Å²) >= 11 is -1.60. The average Bonchev–Trinajstić information content (AvgIpc) is 3.19. The molecule has 0 saturated carbocycles. The molecule has 0 heterocycles. The normalized spacial score (nSPS) is 12.5. The van der Waals surface area contributed by atoms with Crippen LogP contribution in [-0.2, 0) is 30.5 Å². The second-order valence-corrected chi connectivity index (χ2v) is 15.0. The molecule has 0 aromatic heterocycles. The first-order chi connectivity index (χ1) is 28.1. The number of carbonyl (C=O) groups is 6. The van der Waals surface area contributed by atoms with Crippen LogP contribution in [0.25, 0.3) is 0 Å². The number of benzene rings is 3. The van der Waals surface area contributed by atoms with Crippen LogP contribution in [0.1, 0.15) is 24.4 Å². The SMILES string of the molecule is CNc1cccc([S+]([O-])Nc2cccc(C(CC(=O)O)NC(=O)Nc3ccc(NC(=O)NCCN(C)CCN(C)CCN(C)CC(=O)NC(C=O)CC(N)=O)cc3)c2)c1. The van der Waals surface area contributed by atoms with Gasteiger partial charge in [-0.2, -0.15) is 0 Å². The molecule has 0 aliphatic carbocycles. The minimum Gasteiger partial charge on any atom is -0.588 e. The molecule has 6 amide bonds. The average molecular weight is 838 g/mol. The summed E-state index contributed by atoms with van der Waals surface area (Å²) in [5.74, 6) is -2.17. The van der Waals surface area contributed by atoms with E-state index in [4.69, 9.17) is 5.73 Å². The van der Waals surface area contributed by atoms with Crippen molar-refractivity contribution in [3.8, 4) is 0 Å². The molecule has 19 nitrogen and oxygen atoms in total. The molecule has 3 aromatic carbocycles. The number of carboxylic acid groups (broad SMARTS) is 1. The lowest BCUT2D eigenvalue weighted by molar-refractivity contribution is -0.137. The number of amides is 6. The smallest absolute Gasteiger partial charge is 0.319 e. The van der Waals surface area contributed by atoms with Crippen molar-refractivity contribution < 1.29 is 38.4 Å². The first-order valence-electron chi connectivity index (χ1n) is 18.7. The summed E-state index contributed by atoms with van der Waals surface area (Å²) in [6.07, 6.45) is -0.153. The third-order valence-corrected chi connectivity index (χ3v) is 9.88. The molecule has 3 aromatic rings. The van der Waals surface area contributed by atoms with Gasteiger partial charge in [0.1, 0.15) is 17.6 Å². The standard InChI is InChI=1S/C39H55N11O8S/c1-41-30-8-6-10-33(22-30)59(58)47-31-9-5-7-27(21-31)34(24-37(54)55)46-39(57)45-29-13-11-28(12-14-29)44-38(56)42-15-16-48(2)17-18-49(3)19-20-50(4)25-36(53)43-32(26-51)23-35(40)52/h5-14,21-22,26,32,34,41,47H,15-20,23-25H2,1-4H3,(H2,40,52)(H,43,53)(H,54,55)(H2,42,44,56)(H2,45,46,57). The zero-order valence-electron chi connectivity index (χ0n) is 33.7. The Balaban J connectivity index is 1.38. The molecule has 59 heavy (non-hydrogen) atoms. The minimum atomic E-state index is -1.60. The quantitative estimate of drug-likeness (QED) is 0.0435. The fourth-order valence-corrected chi connectivity index (χ4v) is 6.40. The van der Waals surface area contributed by atoms with Gasteiger partial charge in [0.05, 0.1) is 37.2 Å². The van der Waals surface area contributed by atoms with E-state index in [1.54, 1.807) is 80.8 Å². The summed E-state index contributed by atoms with van der Waals surface area (Å²) in [4.78, 5) is 77.9. The number of nitrogens with zero attached hydrogens (tertiary/aromatic N) is 3. The number of anilines is 4. The second kappa shape index (κ2) is 24.8. The fourth-order valence-electron chi connectivity index (χ4n) is 5.51. The Morgan fingerprint density at radius 3 is 1.97 bits per heavy atom. The number of likely N-dealkylation sites (N-methyl/N-ethyl adjacent to an activating group) is 3. The maximum Gasteiger partial charge on any atom is 0.319 e. The maximum atomic E-state index is 13.0. The van der Waals surface area contributed by atoms with Gasteiger partial charge in [-0.05, 0) is 75.2 Å². The lowest BCUT2D eigenvalue weighted by Crippen LogP contribution is -2.45. The molecule has 3 unspecified atom stereocenters. The first-order valence-corrected chi connectivity index (χ1v) is 19.9. The van der Waals surface area contributed by atoms with Crippen LogP contribution >= 0.6 is 0 Å². The Kier molecular flexibility index (Phi) is 19.9. The van der Waals surface area contributed by atoms with Gasteiger partial charge in [0, 0.05) is 69.4 Å². The highest BCUT2D eigenvalue weighted by atomic mass is 32.2. The number of aliphatic carboxylic acids is 1. The highest BCUT2D eigenvalue weighted by Crippen LogP contribution is 2.24. The van der Waals surface area contributed by atoms with Gasteiger partial charge in [0.25, 0.3) is 0 Å². The van der Waals surface area contributed by atoms with E-state index in [1.165, 1.54) is 0 Å². The van der Waals surface area contributed by atoms with Gasteiger partial charge in [-0.3, -0.25) is 19.3 Å². The molecule has 0 radical (unpaired) electrons. The van der Waals surface area contributed by atoms with Crippen LogP contribution in [0.4, 0.5) is 32.3 Å². The largest absolute Gasteiger partial charge is 0.588 e. The number of hydrogen-bond acceptors (Lipinski definition) is 12. The van der Waals surface area contributed by atoms with Gasteiger partial charge in [-0.25, -0.2) is 14.3 Å². The third-order valence-electron chi connectivity index (χ3n) is 8.77. The zero-order valence-corrected chi connectivity index (χ0v) is 34.5. The number of hydrogen-bond donors (Lipinski definition) is 9. The molecule has 0 aliphatic rings. The van der Waals surface area contributed by atoms with Crippen molar-refractivity contribution in [2.75, 3.05) is 94.7 Å². The molecule has 10 N–H and O–H groups in total. The summed E-state index contributed by atoms with van der Waals surface area (Å²) in [6, 6.07) is 17.3. The van der Waals surface area contributed by atoms with Crippen LogP contribution in [0, 0.1) is 0 Å². The molecule has 0 fully saturated rings. The topological polar surface area (TPSA) is 266 Å². The van der Waals surface area contributed by atoms with Gasteiger partial charge >= 0.3 is 18.0 Å². The molecule has 0 spiro atoms. The van der Waals surface area contributed by atoms with Gasteiger partial charge in [-0.15, -0.1) is 0 Å². The van der Waals surface area contributed by atoms with Crippen LogP contribution < -0.4 is 42.4 Å². The number of carbonyl (C=O) groups excluding carboxylic acids is 5. The number of nitrogens with one attached hydrogen (secondary N) is 7. The minimum absolute atomic E-state index is 0.0653. The highest BCUT2D eigenvalue weighted by Gasteiger charge is 2.21. The first kappa shape index (κ1) is 47.4. The van der Waals surface area contributed by atoms with E-state index in [-0.39, 0.29) is 18.9 Å². The van der Waals surface area contributed by atoms with E-state index >= 15 is 0 Å². The maximum absolute atomic E-state index is 13.0. The Morgan fingerprint density at radius 1 is 0.763 bits per heavy atom. The van der Waals surface area contributed by atoms with Crippen LogP contribution in [0.3, 0.4) is 0 Å². The lowest BCUT2D eigenvalue weighted by Gasteiger charge is -2.24. The van der Waals surface area contributed by atoms with Crippen molar-refractivity contribution in [1.29, 1.82) is 0 Å². The molecule has 3 rings (SSSR count). The van der Waals surface area contributed by atoms with Crippen LogP contribution in [-0.4, -0.2) is 141 Å². The lowest BCUT2D eigenvalue weighted by atomic mass is 10.0. The third kappa shape index (κ3) is 18.5. The van der Waals surface area contributed by atoms with Crippen molar-refractivity contribution in [2.45, 2.75) is 29.8 Å². The van der Waals surface area contributed by atoms with E-state index in [0.717, 1.165) is 18.8 Å². The van der Waals surface area contributed by atoms with E-state index in [9.17, 15) is 38.4 Å². The van der Waals surface area contributed by atoms with Crippen molar-refractivity contribution in [3.63, 3.8) is 0 Å². The Labute approximate surface area is 347 Å². The summed E-state index contributed by atoms with van der Waals surface area (Å²) in [7, 11) is 7.45. The predicted octanol–water partition coefficient (Wildman–Crippen LogP) is 1.68. The van der Waals surface area contributed by atoms with Crippen LogP contribution in [0.15, 0.2) is 77.7 Å². The van der Waals surface area contributed by atoms with Crippen molar-refractivity contribution >= 4 is 70.2 Å². The molecule has 3 atom stereocenters. The second-order valence-electron chi connectivity index (χ2n) is 13.8. The van der Waals surface area contributed by atoms with Crippen molar-refractivity contribution in [2.24, 2.45) is 5.73 Å². The molecule has 0 aliphatic heterocycles. The van der Waals surface area contributed by atoms with Crippen LogP contribution in [0.5, 0.6) is 0 Å². The summed E-state index contributed by atoms with van der Waals surface area (Å²) in [5, 5.41) is 26.0. The summed E-state index contributed by atoms with van der Waals surface area (Å²) in [6.45, 7) is 3.81. The molecule has 20 heteroatoms.